The molecular formula is C28H30BrN3O5S. The lowest BCUT2D eigenvalue weighted by atomic mass is 10.0. The van der Waals surface area contributed by atoms with Gasteiger partial charge in [0, 0.05) is 40.2 Å². The van der Waals surface area contributed by atoms with Gasteiger partial charge in [-0.3, -0.25) is 4.72 Å². The van der Waals surface area contributed by atoms with Crippen LogP contribution in [-0.4, -0.2) is 48.0 Å². The predicted molar refractivity (Wildman–Crippen MR) is 153 cm³/mol. The SMILES string of the molecule is CC(Cc1ccc2c(c1)cc(C(=O)O)n2Cc1cccc(NS(C)(=O)=O)c1)NCC(O)c1cccc(Br)c1. The van der Waals surface area contributed by atoms with Crippen molar-refractivity contribution < 1.29 is 23.4 Å². The van der Waals surface area contributed by atoms with Crippen molar-refractivity contribution in [3.8, 4) is 0 Å². The van der Waals surface area contributed by atoms with Crippen molar-refractivity contribution in [2.24, 2.45) is 0 Å². The van der Waals surface area contributed by atoms with Gasteiger partial charge in [0.05, 0.1) is 12.4 Å². The number of rotatable bonds is 11. The Morgan fingerprint density at radius 3 is 2.50 bits per heavy atom. The first-order valence-electron chi connectivity index (χ1n) is 12.1. The first-order valence-corrected chi connectivity index (χ1v) is 14.8. The fourth-order valence-corrected chi connectivity index (χ4v) is 5.47. The van der Waals surface area contributed by atoms with E-state index in [-0.39, 0.29) is 18.3 Å². The molecule has 1 heterocycles. The van der Waals surface area contributed by atoms with E-state index in [9.17, 15) is 23.4 Å². The van der Waals surface area contributed by atoms with Gasteiger partial charge in [-0.2, -0.15) is 0 Å². The molecule has 4 N–H and O–H groups in total. The van der Waals surface area contributed by atoms with Gasteiger partial charge >= 0.3 is 5.97 Å². The molecule has 0 radical (unpaired) electrons. The van der Waals surface area contributed by atoms with Gasteiger partial charge in [-0.15, -0.1) is 0 Å². The van der Waals surface area contributed by atoms with Crippen LogP contribution in [0.15, 0.2) is 77.3 Å². The number of aliphatic hydroxyl groups excluding tert-OH is 1. The van der Waals surface area contributed by atoms with Crippen LogP contribution < -0.4 is 10.0 Å². The van der Waals surface area contributed by atoms with Crippen LogP contribution in [0.1, 0.15) is 40.2 Å². The molecule has 3 aromatic carbocycles. The number of hydrogen-bond donors (Lipinski definition) is 4. The molecule has 0 saturated carbocycles. The molecule has 8 nitrogen and oxygen atoms in total. The van der Waals surface area contributed by atoms with Crippen LogP contribution in [0.3, 0.4) is 0 Å². The van der Waals surface area contributed by atoms with E-state index in [0.717, 1.165) is 38.3 Å². The van der Waals surface area contributed by atoms with E-state index in [0.29, 0.717) is 18.7 Å². The van der Waals surface area contributed by atoms with E-state index < -0.39 is 22.1 Å². The van der Waals surface area contributed by atoms with Crippen LogP contribution in [0.5, 0.6) is 0 Å². The Labute approximate surface area is 230 Å². The number of nitrogens with one attached hydrogen (secondary N) is 2. The number of anilines is 1. The molecule has 4 rings (SSSR count). The summed E-state index contributed by atoms with van der Waals surface area (Å²) in [5.41, 5.74) is 4.00. The van der Waals surface area contributed by atoms with Crippen molar-refractivity contribution in [1.29, 1.82) is 0 Å². The number of benzene rings is 3. The van der Waals surface area contributed by atoms with E-state index in [1.54, 1.807) is 28.8 Å². The largest absolute Gasteiger partial charge is 0.477 e. The van der Waals surface area contributed by atoms with Crippen molar-refractivity contribution >= 4 is 48.5 Å². The Kier molecular flexibility index (Phi) is 8.57. The van der Waals surface area contributed by atoms with Crippen LogP contribution in [0.25, 0.3) is 10.9 Å². The lowest BCUT2D eigenvalue weighted by molar-refractivity contribution is 0.0686. The third-order valence-corrected chi connectivity index (χ3v) is 7.29. The Hall–Kier alpha value is -3.18. The molecule has 0 bridgehead atoms. The monoisotopic (exact) mass is 599 g/mol. The van der Waals surface area contributed by atoms with E-state index in [1.807, 2.05) is 55.5 Å². The maximum absolute atomic E-state index is 12.0. The first kappa shape index (κ1) is 27.8. The molecule has 0 amide bonds. The van der Waals surface area contributed by atoms with Gasteiger partial charge in [-0.25, -0.2) is 13.2 Å². The zero-order valence-electron chi connectivity index (χ0n) is 21.1. The smallest absolute Gasteiger partial charge is 0.352 e. The van der Waals surface area contributed by atoms with E-state index >= 15 is 0 Å². The highest BCUT2D eigenvalue weighted by atomic mass is 79.9. The summed E-state index contributed by atoms with van der Waals surface area (Å²) in [6.07, 6.45) is 1.16. The second-order valence-corrected chi connectivity index (χ2v) is 12.1. The third kappa shape index (κ3) is 7.22. The summed E-state index contributed by atoms with van der Waals surface area (Å²) < 4.78 is 28.3. The van der Waals surface area contributed by atoms with E-state index in [2.05, 4.69) is 26.0 Å². The molecule has 0 aliphatic heterocycles. The molecule has 0 spiro atoms. The fourth-order valence-electron chi connectivity index (χ4n) is 4.49. The molecule has 200 valence electrons. The van der Waals surface area contributed by atoms with Crippen molar-refractivity contribution in [2.45, 2.75) is 32.0 Å². The summed E-state index contributed by atoms with van der Waals surface area (Å²) in [5.74, 6) is -1.04. The van der Waals surface area contributed by atoms with Crippen molar-refractivity contribution in [1.82, 2.24) is 9.88 Å². The maximum atomic E-state index is 12.0. The summed E-state index contributed by atoms with van der Waals surface area (Å²) in [4.78, 5) is 12.0. The molecule has 0 aliphatic carbocycles. The van der Waals surface area contributed by atoms with Gasteiger partial charge < -0.3 is 20.1 Å². The van der Waals surface area contributed by atoms with E-state index in [4.69, 9.17) is 0 Å². The number of aliphatic hydroxyl groups is 1. The van der Waals surface area contributed by atoms with Gasteiger partial charge in [-0.05, 0) is 72.5 Å². The molecule has 0 aliphatic rings. The maximum Gasteiger partial charge on any atom is 0.352 e. The van der Waals surface area contributed by atoms with Crippen molar-refractivity contribution in [3.63, 3.8) is 0 Å². The summed E-state index contributed by atoms with van der Waals surface area (Å²) in [6, 6.07) is 22.1. The zero-order valence-corrected chi connectivity index (χ0v) is 23.5. The fraction of sp³-hybridized carbons (Fsp3) is 0.250. The van der Waals surface area contributed by atoms with Gasteiger partial charge in [0.1, 0.15) is 5.69 Å². The van der Waals surface area contributed by atoms with E-state index in [1.165, 1.54) is 0 Å². The molecular weight excluding hydrogens is 570 g/mol. The number of carboxylic acids is 1. The van der Waals surface area contributed by atoms with Crippen LogP contribution >= 0.6 is 15.9 Å². The number of sulfonamides is 1. The zero-order chi connectivity index (χ0) is 27.4. The number of aromatic carboxylic acids is 1. The lowest BCUT2D eigenvalue weighted by Crippen LogP contribution is -2.32. The second kappa shape index (κ2) is 11.7. The van der Waals surface area contributed by atoms with Crippen molar-refractivity contribution in [2.75, 3.05) is 17.5 Å². The minimum atomic E-state index is -3.42. The number of aromatic nitrogens is 1. The minimum absolute atomic E-state index is 0.0837. The average molecular weight is 601 g/mol. The Morgan fingerprint density at radius 1 is 1.03 bits per heavy atom. The van der Waals surface area contributed by atoms with Gasteiger partial charge in [0.25, 0.3) is 0 Å². The lowest BCUT2D eigenvalue weighted by Gasteiger charge is -2.18. The van der Waals surface area contributed by atoms with Gasteiger partial charge in [0.15, 0.2) is 0 Å². The molecule has 2 unspecified atom stereocenters. The molecule has 0 saturated heterocycles. The Morgan fingerprint density at radius 2 is 1.79 bits per heavy atom. The highest BCUT2D eigenvalue weighted by molar-refractivity contribution is 9.10. The van der Waals surface area contributed by atoms with Crippen LogP contribution in [0, 0.1) is 0 Å². The number of carboxylic acid groups (broad SMARTS) is 1. The topological polar surface area (TPSA) is 121 Å². The highest BCUT2D eigenvalue weighted by Gasteiger charge is 2.17. The van der Waals surface area contributed by atoms with Crippen molar-refractivity contribution in [3.05, 3.63) is 99.7 Å². The Bertz CT molecular complexity index is 1570. The van der Waals surface area contributed by atoms with Gasteiger partial charge in [-0.1, -0.05) is 46.3 Å². The predicted octanol–water partition coefficient (Wildman–Crippen LogP) is 4.78. The molecule has 2 atom stereocenters. The standard InChI is InChI=1S/C28H30BrN3O5S/c1-18(30-16-27(33)21-6-4-7-23(29)14-21)11-19-9-10-25-22(12-19)15-26(28(34)35)32(25)17-20-5-3-8-24(13-20)31-38(2,36)37/h3-10,12-15,18,27,30-31,33H,11,16-17H2,1-2H3,(H,34,35). The second-order valence-electron chi connectivity index (χ2n) is 9.47. The molecule has 0 fully saturated rings. The first-order chi connectivity index (χ1) is 18.0. The number of nitrogens with zero attached hydrogens (tertiary/aromatic N) is 1. The molecule has 1 aromatic heterocycles. The summed E-state index contributed by atoms with van der Waals surface area (Å²) in [7, 11) is -3.42. The third-order valence-electron chi connectivity index (χ3n) is 6.19. The normalized spacial score (nSPS) is 13.4. The molecule has 4 aromatic rings. The van der Waals surface area contributed by atoms with Gasteiger partial charge in [0.2, 0.25) is 10.0 Å². The van der Waals surface area contributed by atoms with Crippen LogP contribution in [0.4, 0.5) is 5.69 Å². The van der Waals surface area contributed by atoms with Crippen LogP contribution in [-0.2, 0) is 23.0 Å². The summed E-state index contributed by atoms with van der Waals surface area (Å²) in [6.45, 7) is 2.73. The number of fused-ring (bicyclic) bond motifs is 1. The number of carbonyl (C=O) groups is 1. The van der Waals surface area contributed by atoms with Crippen LogP contribution in [0.2, 0.25) is 0 Å². The number of halogens is 1. The number of hydrogen-bond acceptors (Lipinski definition) is 5. The quantitative estimate of drug-likeness (QED) is 0.197. The molecule has 38 heavy (non-hydrogen) atoms. The minimum Gasteiger partial charge on any atom is -0.477 e. The summed E-state index contributed by atoms with van der Waals surface area (Å²) >= 11 is 3.43. The molecule has 10 heteroatoms. The average Bonchev–Trinajstić information content (AvgIpc) is 3.19. The summed E-state index contributed by atoms with van der Waals surface area (Å²) in [5, 5.41) is 24.5. The Balaban J connectivity index is 1.49. The highest BCUT2D eigenvalue weighted by Crippen LogP contribution is 2.25.